The molecule has 1 aliphatic heterocycles. The van der Waals surface area contributed by atoms with E-state index in [1.807, 2.05) is 10.8 Å². The Morgan fingerprint density at radius 3 is 2.77 bits per heavy atom. The molecule has 0 atom stereocenters. The van der Waals surface area contributed by atoms with Crippen LogP contribution in [-0.2, 0) is 16.1 Å². The predicted octanol–water partition coefficient (Wildman–Crippen LogP) is -0.542. The van der Waals surface area contributed by atoms with Crippen LogP contribution in [0.5, 0.6) is 0 Å². The average molecular weight is 311 g/mol. The molecule has 9 heteroatoms. The van der Waals surface area contributed by atoms with Crippen LogP contribution in [-0.4, -0.2) is 76.1 Å². The number of amides is 3. The first kappa shape index (κ1) is 17.5. The molecule has 1 aromatic rings. The largest absolute Gasteiger partial charge is 0.483 e. The second kappa shape index (κ2) is 9.37. The van der Waals surface area contributed by atoms with E-state index in [2.05, 4.69) is 10.3 Å². The molecule has 1 aromatic heterocycles. The first-order valence-corrected chi connectivity index (χ1v) is 6.88. The number of carboxylic acid groups (broad SMARTS) is 1. The van der Waals surface area contributed by atoms with Crippen LogP contribution in [0.4, 0.5) is 4.79 Å². The van der Waals surface area contributed by atoms with Gasteiger partial charge in [0.2, 0.25) is 5.91 Å². The van der Waals surface area contributed by atoms with E-state index in [-0.39, 0.29) is 25.0 Å². The number of imidazole rings is 1. The lowest BCUT2D eigenvalue weighted by Crippen LogP contribution is -2.39. The fourth-order valence-corrected chi connectivity index (χ4v) is 1.99. The monoisotopic (exact) mass is 311 g/mol. The van der Waals surface area contributed by atoms with Crippen LogP contribution in [0.15, 0.2) is 18.7 Å². The minimum Gasteiger partial charge on any atom is -0.483 e. The Kier molecular flexibility index (Phi) is 7.44. The molecule has 1 fully saturated rings. The van der Waals surface area contributed by atoms with Gasteiger partial charge in [-0.3, -0.25) is 9.59 Å². The van der Waals surface area contributed by atoms with Crippen molar-refractivity contribution in [2.24, 2.45) is 0 Å². The van der Waals surface area contributed by atoms with E-state index in [1.165, 1.54) is 0 Å². The Bertz CT molecular complexity index is 477. The molecule has 3 amide bonds. The van der Waals surface area contributed by atoms with Crippen molar-refractivity contribution < 1.29 is 19.5 Å². The predicted molar refractivity (Wildman–Crippen MR) is 78.1 cm³/mol. The molecular weight excluding hydrogens is 290 g/mol. The first-order chi connectivity index (χ1) is 10.6. The zero-order valence-electron chi connectivity index (χ0n) is 12.5. The third-order valence-corrected chi connectivity index (χ3v) is 3.11. The Hall–Kier alpha value is -2.58. The van der Waals surface area contributed by atoms with Gasteiger partial charge < -0.3 is 24.8 Å². The maximum atomic E-state index is 11.7. The van der Waals surface area contributed by atoms with Crippen LogP contribution >= 0.6 is 0 Å². The standard InChI is InChI=1S/C12H19N5O2.CH2O2/c1-15-7-8-17(12(15)19)9-11(18)14-3-2-5-16-6-4-13-10-16;2-1-3/h4,6,10H,2-3,5,7-9H2,1H3,(H,14,18);1H,(H,2,3). The molecule has 1 aliphatic rings. The molecule has 122 valence electrons. The molecule has 2 heterocycles. The van der Waals surface area contributed by atoms with Crippen LogP contribution in [0.3, 0.4) is 0 Å². The summed E-state index contributed by atoms with van der Waals surface area (Å²) >= 11 is 0. The number of aromatic nitrogens is 2. The van der Waals surface area contributed by atoms with E-state index in [0.717, 1.165) is 13.0 Å². The summed E-state index contributed by atoms with van der Waals surface area (Å²) < 4.78 is 1.96. The van der Waals surface area contributed by atoms with Crippen molar-refractivity contribution in [3.8, 4) is 0 Å². The quantitative estimate of drug-likeness (QED) is 0.542. The number of nitrogens with zero attached hydrogens (tertiary/aromatic N) is 4. The van der Waals surface area contributed by atoms with E-state index in [1.54, 1.807) is 29.4 Å². The van der Waals surface area contributed by atoms with Crippen molar-refractivity contribution in [2.75, 3.05) is 33.2 Å². The first-order valence-electron chi connectivity index (χ1n) is 6.88. The van der Waals surface area contributed by atoms with Crippen molar-refractivity contribution in [1.82, 2.24) is 24.7 Å². The van der Waals surface area contributed by atoms with Gasteiger partial charge in [-0.15, -0.1) is 0 Å². The van der Waals surface area contributed by atoms with Gasteiger partial charge >= 0.3 is 6.03 Å². The minimum absolute atomic E-state index is 0.0754. The third kappa shape index (κ3) is 5.81. The Morgan fingerprint density at radius 1 is 1.50 bits per heavy atom. The lowest BCUT2D eigenvalue weighted by molar-refractivity contribution is -0.123. The van der Waals surface area contributed by atoms with Crippen LogP contribution in [0, 0.1) is 0 Å². The van der Waals surface area contributed by atoms with Crippen LogP contribution < -0.4 is 5.32 Å². The van der Waals surface area contributed by atoms with Gasteiger partial charge in [0, 0.05) is 45.6 Å². The number of aryl methyl sites for hydroxylation is 1. The van der Waals surface area contributed by atoms with Crippen molar-refractivity contribution in [1.29, 1.82) is 0 Å². The smallest absolute Gasteiger partial charge is 0.320 e. The molecule has 0 saturated carbocycles. The molecule has 0 aromatic carbocycles. The zero-order valence-corrected chi connectivity index (χ0v) is 12.5. The topological polar surface area (TPSA) is 108 Å². The number of hydrogen-bond acceptors (Lipinski definition) is 4. The molecule has 9 nitrogen and oxygen atoms in total. The van der Waals surface area contributed by atoms with Gasteiger partial charge in [0.25, 0.3) is 6.47 Å². The number of nitrogens with one attached hydrogen (secondary N) is 1. The maximum absolute atomic E-state index is 11.7. The maximum Gasteiger partial charge on any atom is 0.320 e. The summed E-state index contributed by atoms with van der Waals surface area (Å²) in [6.07, 6.45) is 6.21. The molecule has 2 rings (SSSR count). The highest BCUT2D eigenvalue weighted by atomic mass is 16.3. The van der Waals surface area contributed by atoms with E-state index in [9.17, 15) is 9.59 Å². The fourth-order valence-electron chi connectivity index (χ4n) is 1.99. The van der Waals surface area contributed by atoms with E-state index < -0.39 is 0 Å². The van der Waals surface area contributed by atoms with Gasteiger partial charge in [-0.2, -0.15) is 0 Å². The number of hydrogen-bond donors (Lipinski definition) is 2. The number of urea groups is 1. The highest BCUT2D eigenvalue weighted by Crippen LogP contribution is 2.04. The number of carbonyl (C=O) groups is 3. The average Bonchev–Trinajstić information content (AvgIpc) is 3.10. The molecule has 1 saturated heterocycles. The van der Waals surface area contributed by atoms with Crippen molar-refractivity contribution >= 4 is 18.4 Å². The number of carbonyl (C=O) groups excluding carboxylic acids is 2. The molecule has 2 N–H and O–H groups in total. The van der Waals surface area contributed by atoms with Gasteiger partial charge in [-0.05, 0) is 6.42 Å². The van der Waals surface area contributed by atoms with Crippen molar-refractivity contribution in [3.05, 3.63) is 18.7 Å². The van der Waals surface area contributed by atoms with Gasteiger partial charge in [0.05, 0.1) is 6.33 Å². The lowest BCUT2D eigenvalue weighted by Gasteiger charge is -2.15. The summed E-state index contributed by atoms with van der Waals surface area (Å²) in [5.41, 5.74) is 0. The third-order valence-electron chi connectivity index (χ3n) is 3.11. The van der Waals surface area contributed by atoms with Gasteiger partial charge in [0.1, 0.15) is 6.54 Å². The highest BCUT2D eigenvalue weighted by Gasteiger charge is 2.26. The van der Waals surface area contributed by atoms with E-state index >= 15 is 0 Å². The molecule has 0 radical (unpaired) electrons. The van der Waals surface area contributed by atoms with Gasteiger partial charge in [0.15, 0.2) is 0 Å². The molecule has 0 unspecified atom stereocenters. The molecule has 0 bridgehead atoms. The normalized spacial score (nSPS) is 13.6. The highest BCUT2D eigenvalue weighted by molar-refractivity contribution is 5.84. The molecule has 0 aliphatic carbocycles. The van der Waals surface area contributed by atoms with Crippen LogP contribution in [0.2, 0.25) is 0 Å². The van der Waals surface area contributed by atoms with Gasteiger partial charge in [-0.1, -0.05) is 0 Å². The molecule has 22 heavy (non-hydrogen) atoms. The Morgan fingerprint density at radius 2 is 2.23 bits per heavy atom. The summed E-state index contributed by atoms with van der Waals surface area (Å²) in [7, 11) is 1.74. The van der Waals surface area contributed by atoms with Crippen LogP contribution in [0.25, 0.3) is 0 Å². The van der Waals surface area contributed by atoms with E-state index in [4.69, 9.17) is 9.90 Å². The number of likely N-dealkylation sites (N-methyl/N-ethyl adjacent to an activating group) is 1. The summed E-state index contributed by atoms with van der Waals surface area (Å²) in [5.74, 6) is -0.103. The number of rotatable bonds is 6. The Balaban J connectivity index is 0.000000745. The fraction of sp³-hybridized carbons (Fsp3) is 0.538. The van der Waals surface area contributed by atoms with Crippen LogP contribution in [0.1, 0.15) is 6.42 Å². The van der Waals surface area contributed by atoms with Crippen molar-refractivity contribution in [3.63, 3.8) is 0 Å². The SMILES string of the molecule is CN1CCN(CC(=O)NCCCn2ccnc2)C1=O.O=CO. The summed E-state index contributed by atoms with van der Waals surface area (Å²) in [6.45, 7) is 2.64. The summed E-state index contributed by atoms with van der Waals surface area (Å²) in [6, 6.07) is -0.0754. The zero-order chi connectivity index (χ0) is 16.4. The second-order valence-electron chi connectivity index (χ2n) is 4.74. The summed E-state index contributed by atoms with van der Waals surface area (Å²) in [4.78, 5) is 38.7. The molecule has 0 spiro atoms. The lowest BCUT2D eigenvalue weighted by atomic mass is 10.4. The summed E-state index contributed by atoms with van der Waals surface area (Å²) in [5, 5.41) is 9.71. The second-order valence-corrected chi connectivity index (χ2v) is 4.74. The van der Waals surface area contributed by atoms with Gasteiger partial charge in [-0.25, -0.2) is 9.78 Å². The van der Waals surface area contributed by atoms with Crippen molar-refractivity contribution in [2.45, 2.75) is 13.0 Å². The molecular formula is C13H21N5O4. The van der Waals surface area contributed by atoms with E-state index in [0.29, 0.717) is 19.6 Å². The Labute approximate surface area is 128 Å². The minimum atomic E-state index is -0.250.